The largest absolute Gasteiger partial charge is 0.493 e. The average Bonchev–Trinajstić information content (AvgIpc) is 2.71. The summed E-state index contributed by atoms with van der Waals surface area (Å²) in [5, 5.41) is 9.21. The van der Waals surface area contributed by atoms with Crippen molar-refractivity contribution in [3.63, 3.8) is 0 Å². The smallest absolute Gasteiger partial charge is 0.323 e. The van der Waals surface area contributed by atoms with Crippen LogP contribution in [0.2, 0.25) is 5.02 Å². The minimum atomic E-state index is -0.621. The maximum Gasteiger partial charge on any atom is 0.323 e. The van der Waals surface area contributed by atoms with Crippen molar-refractivity contribution in [1.29, 1.82) is 5.26 Å². The molecule has 0 unspecified atom stereocenters. The molecule has 0 aliphatic carbocycles. The zero-order valence-electron chi connectivity index (χ0n) is 14.6. The first-order valence-electron chi connectivity index (χ1n) is 8.23. The molecule has 3 aromatic carbocycles. The highest BCUT2D eigenvalue weighted by Crippen LogP contribution is 2.38. The van der Waals surface area contributed by atoms with Crippen LogP contribution >= 0.6 is 11.6 Å². The Morgan fingerprint density at radius 1 is 1.00 bits per heavy atom. The van der Waals surface area contributed by atoms with Crippen molar-refractivity contribution < 1.29 is 14.3 Å². The summed E-state index contributed by atoms with van der Waals surface area (Å²) in [6.07, 6.45) is 0. The Morgan fingerprint density at radius 2 is 1.56 bits per heavy atom. The predicted molar refractivity (Wildman–Crippen MR) is 103 cm³/mol. The normalized spacial score (nSPS) is 10.3. The van der Waals surface area contributed by atoms with E-state index in [4.69, 9.17) is 26.3 Å². The first-order valence-corrected chi connectivity index (χ1v) is 8.61. The monoisotopic (exact) mass is 377 g/mol. The summed E-state index contributed by atoms with van der Waals surface area (Å²) in [7, 11) is 1.43. The molecule has 0 aliphatic rings. The van der Waals surface area contributed by atoms with Gasteiger partial charge in [-0.05, 0) is 17.2 Å². The van der Waals surface area contributed by atoms with Gasteiger partial charge in [0.25, 0.3) is 0 Å². The van der Waals surface area contributed by atoms with Gasteiger partial charge < -0.3 is 9.47 Å². The molecule has 3 rings (SSSR count). The standard InChI is InChI=1S/C22H16ClNO3/c1-26-19-13-15(14-24)12-18(23)21(19)27-22(25)20(16-8-4-2-5-9-16)17-10-6-3-7-11-17/h2-13,20H,1H3. The fraction of sp³-hybridized carbons (Fsp3) is 0.0909. The lowest BCUT2D eigenvalue weighted by Crippen LogP contribution is -2.20. The van der Waals surface area contributed by atoms with Gasteiger partial charge in [0.2, 0.25) is 0 Å². The molecule has 4 nitrogen and oxygen atoms in total. The molecule has 0 radical (unpaired) electrons. The number of methoxy groups -OCH3 is 1. The first kappa shape index (κ1) is 18.5. The van der Waals surface area contributed by atoms with E-state index in [9.17, 15) is 4.79 Å². The number of carbonyl (C=O) groups is 1. The van der Waals surface area contributed by atoms with E-state index >= 15 is 0 Å². The number of ether oxygens (including phenoxy) is 2. The third kappa shape index (κ3) is 4.11. The van der Waals surface area contributed by atoms with Gasteiger partial charge in [-0.3, -0.25) is 4.79 Å². The Bertz CT molecular complexity index is 942. The minimum absolute atomic E-state index is 0.0972. The molecule has 27 heavy (non-hydrogen) atoms. The van der Waals surface area contributed by atoms with Crippen LogP contribution < -0.4 is 9.47 Å². The molecule has 0 saturated heterocycles. The molecule has 5 heteroatoms. The van der Waals surface area contributed by atoms with Crippen molar-refractivity contribution in [1.82, 2.24) is 0 Å². The molecule has 0 saturated carbocycles. The number of rotatable bonds is 5. The fourth-order valence-electron chi connectivity index (χ4n) is 2.80. The first-order chi connectivity index (χ1) is 13.1. The molecule has 0 atom stereocenters. The zero-order chi connectivity index (χ0) is 19.2. The summed E-state index contributed by atoms with van der Waals surface area (Å²) in [5.74, 6) is -0.784. The highest BCUT2D eigenvalue weighted by Gasteiger charge is 2.27. The molecule has 0 aliphatic heterocycles. The number of hydrogen-bond donors (Lipinski definition) is 0. The van der Waals surface area contributed by atoms with Crippen LogP contribution in [-0.2, 0) is 4.79 Å². The number of nitriles is 1. The number of carbonyl (C=O) groups excluding carboxylic acids is 1. The van der Waals surface area contributed by atoms with E-state index in [-0.39, 0.29) is 16.5 Å². The van der Waals surface area contributed by atoms with E-state index in [1.165, 1.54) is 19.2 Å². The Labute approximate surface area is 162 Å². The Morgan fingerprint density at radius 3 is 2.04 bits per heavy atom. The highest BCUT2D eigenvalue weighted by atomic mass is 35.5. The predicted octanol–water partition coefficient (Wildman–Crippen LogP) is 4.96. The molecule has 0 aromatic heterocycles. The SMILES string of the molecule is COc1cc(C#N)cc(Cl)c1OC(=O)C(c1ccccc1)c1ccccc1. The molecule has 0 bridgehead atoms. The summed E-state index contributed by atoms with van der Waals surface area (Å²) >= 11 is 6.22. The molecular weight excluding hydrogens is 362 g/mol. The average molecular weight is 378 g/mol. The molecule has 0 spiro atoms. The third-order valence-corrected chi connectivity index (χ3v) is 4.34. The topological polar surface area (TPSA) is 59.3 Å². The molecule has 0 amide bonds. The van der Waals surface area contributed by atoms with Crippen LogP contribution in [0, 0.1) is 11.3 Å². The van der Waals surface area contributed by atoms with E-state index in [0.29, 0.717) is 5.56 Å². The quantitative estimate of drug-likeness (QED) is 0.466. The number of benzene rings is 3. The summed E-state index contributed by atoms with van der Waals surface area (Å²) in [6.45, 7) is 0. The van der Waals surface area contributed by atoms with Gasteiger partial charge in [-0.15, -0.1) is 0 Å². The number of hydrogen-bond acceptors (Lipinski definition) is 4. The van der Waals surface area contributed by atoms with Gasteiger partial charge in [-0.2, -0.15) is 5.26 Å². The second kappa shape index (κ2) is 8.39. The van der Waals surface area contributed by atoms with Crippen LogP contribution in [0.25, 0.3) is 0 Å². The minimum Gasteiger partial charge on any atom is -0.493 e. The lowest BCUT2D eigenvalue weighted by atomic mass is 9.91. The van der Waals surface area contributed by atoms with Crippen LogP contribution in [0.3, 0.4) is 0 Å². The zero-order valence-corrected chi connectivity index (χ0v) is 15.3. The number of nitrogens with zero attached hydrogens (tertiary/aromatic N) is 1. The Hall–Kier alpha value is -3.29. The lowest BCUT2D eigenvalue weighted by molar-refractivity contribution is -0.135. The number of esters is 1. The molecule has 0 N–H and O–H groups in total. The van der Waals surface area contributed by atoms with Crippen LogP contribution in [0.1, 0.15) is 22.6 Å². The molecule has 0 heterocycles. The Balaban J connectivity index is 2.01. The molecule has 0 fully saturated rings. The summed E-state index contributed by atoms with van der Waals surface area (Å²) in [6, 6.07) is 23.6. The third-order valence-electron chi connectivity index (χ3n) is 4.06. The van der Waals surface area contributed by atoms with E-state index < -0.39 is 11.9 Å². The molecule has 3 aromatic rings. The summed E-state index contributed by atoms with van der Waals surface area (Å²) in [5.41, 5.74) is 1.93. The highest BCUT2D eigenvalue weighted by molar-refractivity contribution is 6.32. The maximum atomic E-state index is 13.1. The van der Waals surface area contributed by atoms with Gasteiger partial charge in [0.15, 0.2) is 11.5 Å². The van der Waals surface area contributed by atoms with Gasteiger partial charge in [0, 0.05) is 6.07 Å². The lowest BCUT2D eigenvalue weighted by Gasteiger charge is -2.18. The van der Waals surface area contributed by atoms with E-state index in [2.05, 4.69) is 0 Å². The van der Waals surface area contributed by atoms with E-state index in [1.54, 1.807) is 0 Å². The second-order valence-corrected chi connectivity index (χ2v) is 6.18. The van der Waals surface area contributed by atoms with Crippen molar-refractivity contribution in [3.05, 3.63) is 94.5 Å². The van der Waals surface area contributed by atoms with Crippen LogP contribution in [0.4, 0.5) is 0 Å². The van der Waals surface area contributed by atoms with Gasteiger partial charge in [0.05, 0.1) is 23.8 Å². The maximum absolute atomic E-state index is 13.1. The van der Waals surface area contributed by atoms with E-state index in [0.717, 1.165) is 11.1 Å². The number of halogens is 1. The van der Waals surface area contributed by atoms with Crippen molar-refractivity contribution in [2.75, 3.05) is 7.11 Å². The van der Waals surface area contributed by atoms with Gasteiger partial charge in [-0.25, -0.2) is 0 Å². The Kier molecular flexibility index (Phi) is 5.75. The van der Waals surface area contributed by atoms with Gasteiger partial charge >= 0.3 is 5.97 Å². The van der Waals surface area contributed by atoms with Crippen LogP contribution in [-0.4, -0.2) is 13.1 Å². The molecular formula is C22H16ClNO3. The van der Waals surface area contributed by atoms with Gasteiger partial charge in [0.1, 0.15) is 5.92 Å². The van der Waals surface area contributed by atoms with Crippen molar-refractivity contribution in [2.45, 2.75) is 5.92 Å². The fourth-order valence-corrected chi connectivity index (χ4v) is 3.05. The van der Waals surface area contributed by atoms with E-state index in [1.807, 2.05) is 66.7 Å². The summed E-state index contributed by atoms with van der Waals surface area (Å²) in [4.78, 5) is 13.1. The van der Waals surface area contributed by atoms with Crippen LogP contribution in [0.15, 0.2) is 72.8 Å². The molecule has 134 valence electrons. The summed E-state index contributed by atoms with van der Waals surface area (Å²) < 4.78 is 10.9. The van der Waals surface area contributed by atoms with Crippen molar-refractivity contribution >= 4 is 17.6 Å². The van der Waals surface area contributed by atoms with Gasteiger partial charge in [-0.1, -0.05) is 72.3 Å². The van der Waals surface area contributed by atoms with Crippen LogP contribution in [0.5, 0.6) is 11.5 Å². The van der Waals surface area contributed by atoms with Crippen molar-refractivity contribution in [3.8, 4) is 17.6 Å². The van der Waals surface area contributed by atoms with Crippen molar-refractivity contribution in [2.24, 2.45) is 0 Å². The second-order valence-electron chi connectivity index (χ2n) is 5.78.